The van der Waals surface area contributed by atoms with E-state index in [4.69, 9.17) is 4.74 Å². The standard InChI is InChI=1S/C16H21F3N2O2/c1-15(2,3)23-14(22)21-8-6-11(10-21)9-12-5-4-7-20-13(12)16(17,18)19/h4-5,7,11H,6,8-10H2,1-3H3/t11-/m1/s1. The van der Waals surface area contributed by atoms with Crippen LogP contribution in [0.3, 0.4) is 0 Å². The zero-order valence-electron chi connectivity index (χ0n) is 13.5. The first-order valence-corrected chi connectivity index (χ1v) is 7.55. The Morgan fingerprint density at radius 3 is 2.70 bits per heavy atom. The van der Waals surface area contributed by atoms with E-state index in [9.17, 15) is 18.0 Å². The highest BCUT2D eigenvalue weighted by molar-refractivity contribution is 5.68. The molecule has 0 bridgehead atoms. The summed E-state index contributed by atoms with van der Waals surface area (Å²) in [7, 11) is 0. The van der Waals surface area contributed by atoms with Crippen molar-refractivity contribution >= 4 is 6.09 Å². The van der Waals surface area contributed by atoms with Gasteiger partial charge in [-0.15, -0.1) is 0 Å². The lowest BCUT2D eigenvalue weighted by Gasteiger charge is -2.24. The number of hydrogen-bond acceptors (Lipinski definition) is 3. The van der Waals surface area contributed by atoms with Crippen LogP contribution in [0.1, 0.15) is 38.4 Å². The van der Waals surface area contributed by atoms with Crippen molar-refractivity contribution in [1.82, 2.24) is 9.88 Å². The molecule has 23 heavy (non-hydrogen) atoms. The predicted molar refractivity (Wildman–Crippen MR) is 78.9 cm³/mol. The fraction of sp³-hybridized carbons (Fsp3) is 0.625. The first-order chi connectivity index (χ1) is 10.6. The van der Waals surface area contributed by atoms with Gasteiger partial charge >= 0.3 is 12.3 Å². The summed E-state index contributed by atoms with van der Waals surface area (Å²) < 4.78 is 44.2. The number of aromatic nitrogens is 1. The third-order valence-corrected chi connectivity index (χ3v) is 3.61. The highest BCUT2D eigenvalue weighted by Crippen LogP contribution is 2.32. The fourth-order valence-electron chi connectivity index (χ4n) is 2.66. The molecule has 2 rings (SSSR count). The summed E-state index contributed by atoms with van der Waals surface area (Å²) in [6.45, 7) is 6.25. The average molecular weight is 330 g/mol. The van der Waals surface area contributed by atoms with Crippen molar-refractivity contribution in [2.24, 2.45) is 5.92 Å². The van der Waals surface area contributed by atoms with Crippen LogP contribution in [0.4, 0.5) is 18.0 Å². The van der Waals surface area contributed by atoms with E-state index in [0.717, 1.165) is 6.20 Å². The summed E-state index contributed by atoms with van der Waals surface area (Å²) in [5.74, 6) is -0.0205. The lowest BCUT2D eigenvalue weighted by Crippen LogP contribution is -2.35. The maximum absolute atomic E-state index is 13.0. The lowest BCUT2D eigenvalue weighted by molar-refractivity contribution is -0.141. The zero-order chi connectivity index (χ0) is 17.3. The second-order valence-corrected chi connectivity index (χ2v) is 6.79. The molecule has 1 fully saturated rings. The molecule has 4 nitrogen and oxygen atoms in total. The Morgan fingerprint density at radius 2 is 2.09 bits per heavy atom. The van der Waals surface area contributed by atoms with Gasteiger partial charge in [0, 0.05) is 19.3 Å². The number of carbonyl (C=O) groups is 1. The monoisotopic (exact) mass is 330 g/mol. The SMILES string of the molecule is CC(C)(C)OC(=O)N1CC[C@H](Cc2cccnc2C(F)(F)F)C1. The van der Waals surface area contributed by atoms with E-state index in [1.807, 2.05) is 0 Å². The topological polar surface area (TPSA) is 42.4 Å². The minimum absolute atomic E-state index is 0.0205. The van der Waals surface area contributed by atoms with Gasteiger partial charge in [0.05, 0.1) is 0 Å². The van der Waals surface area contributed by atoms with Crippen molar-refractivity contribution < 1.29 is 22.7 Å². The van der Waals surface area contributed by atoms with E-state index < -0.39 is 23.6 Å². The van der Waals surface area contributed by atoms with Crippen LogP contribution < -0.4 is 0 Å². The minimum atomic E-state index is -4.46. The molecule has 0 unspecified atom stereocenters. The smallest absolute Gasteiger partial charge is 0.433 e. The van der Waals surface area contributed by atoms with Crippen LogP contribution in [0.5, 0.6) is 0 Å². The molecule has 0 aromatic carbocycles. The molecule has 0 aliphatic carbocycles. The molecule has 0 radical (unpaired) electrons. The van der Waals surface area contributed by atoms with E-state index in [-0.39, 0.29) is 17.9 Å². The maximum Gasteiger partial charge on any atom is 0.433 e. The van der Waals surface area contributed by atoms with Crippen LogP contribution >= 0.6 is 0 Å². The molecule has 1 aromatic heterocycles. The molecule has 1 aromatic rings. The van der Waals surface area contributed by atoms with Gasteiger partial charge in [0.1, 0.15) is 11.3 Å². The largest absolute Gasteiger partial charge is 0.444 e. The number of nitrogens with zero attached hydrogens (tertiary/aromatic N) is 2. The average Bonchev–Trinajstić information content (AvgIpc) is 2.85. The number of pyridine rings is 1. The molecular weight excluding hydrogens is 309 g/mol. The highest BCUT2D eigenvalue weighted by Gasteiger charge is 2.36. The van der Waals surface area contributed by atoms with Gasteiger partial charge in [0.2, 0.25) is 0 Å². The van der Waals surface area contributed by atoms with Crippen LogP contribution in [-0.2, 0) is 17.3 Å². The molecule has 2 heterocycles. The Bertz CT molecular complexity index is 567. The Kier molecular flexibility index (Phi) is 4.87. The number of ether oxygens (including phenoxy) is 1. The summed E-state index contributed by atoms with van der Waals surface area (Å²) in [6, 6.07) is 2.96. The highest BCUT2D eigenvalue weighted by atomic mass is 19.4. The van der Waals surface area contributed by atoms with Crippen molar-refractivity contribution in [2.75, 3.05) is 13.1 Å². The number of halogens is 3. The third kappa shape index (κ3) is 4.84. The van der Waals surface area contributed by atoms with Crippen LogP contribution in [0, 0.1) is 5.92 Å². The van der Waals surface area contributed by atoms with E-state index >= 15 is 0 Å². The molecule has 7 heteroatoms. The maximum atomic E-state index is 13.0. The fourth-order valence-corrected chi connectivity index (χ4v) is 2.66. The Labute approximate surface area is 133 Å². The predicted octanol–water partition coefficient (Wildman–Crippen LogP) is 3.90. The molecule has 1 amide bonds. The summed E-state index contributed by atoms with van der Waals surface area (Å²) in [5, 5.41) is 0. The van der Waals surface area contributed by atoms with E-state index in [1.165, 1.54) is 12.1 Å². The summed E-state index contributed by atoms with van der Waals surface area (Å²) >= 11 is 0. The van der Waals surface area contributed by atoms with Gasteiger partial charge < -0.3 is 9.64 Å². The van der Waals surface area contributed by atoms with Gasteiger partial charge in [0.25, 0.3) is 0 Å². The molecule has 1 aliphatic heterocycles. The Hall–Kier alpha value is -1.79. The molecule has 0 spiro atoms. The second-order valence-electron chi connectivity index (χ2n) is 6.79. The van der Waals surface area contributed by atoms with E-state index in [1.54, 1.807) is 25.7 Å². The lowest BCUT2D eigenvalue weighted by atomic mass is 9.97. The van der Waals surface area contributed by atoms with Gasteiger partial charge in [-0.2, -0.15) is 13.2 Å². The summed E-state index contributed by atoms with van der Waals surface area (Å²) in [4.78, 5) is 17.0. The second kappa shape index (κ2) is 6.37. The van der Waals surface area contributed by atoms with Crippen LogP contribution in [0.15, 0.2) is 18.3 Å². The van der Waals surface area contributed by atoms with Gasteiger partial charge in [-0.1, -0.05) is 6.07 Å². The molecular formula is C16H21F3N2O2. The van der Waals surface area contributed by atoms with Crippen molar-refractivity contribution in [1.29, 1.82) is 0 Å². The number of likely N-dealkylation sites (tertiary alicyclic amines) is 1. The molecule has 128 valence electrons. The molecule has 0 N–H and O–H groups in total. The van der Waals surface area contributed by atoms with E-state index in [0.29, 0.717) is 19.5 Å². The van der Waals surface area contributed by atoms with Gasteiger partial charge in [-0.3, -0.25) is 4.98 Å². The number of alkyl halides is 3. The Balaban J connectivity index is 2.00. The molecule has 1 atom stereocenters. The van der Waals surface area contributed by atoms with Gasteiger partial charge in [0.15, 0.2) is 0 Å². The van der Waals surface area contributed by atoms with Gasteiger partial charge in [-0.25, -0.2) is 4.79 Å². The molecule has 0 saturated carbocycles. The summed E-state index contributed by atoms with van der Waals surface area (Å²) in [5.41, 5.74) is -1.24. The first-order valence-electron chi connectivity index (χ1n) is 7.55. The summed E-state index contributed by atoms with van der Waals surface area (Å²) in [6.07, 6.45) is -2.82. The number of rotatable bonds is 2. The van der Waals surface area contributed by atoms with Crippen LogP contribution in [0.2, 0.25) is 0 Å². The van der Waals surface area contributed by atoms with Crippen molar-refractivity contribution in [3.05, 3.63) is 29.6 Å². The first kappa shape index (κ1) is 17.6. The van der Waals surface area contributed by atoms with Crippen molar-refractivity contribution in [3.63, 3.8) is 0 Å². The zero-order valence-corrected chi connectivity index (χ0v) is 13.5. The van der Waals surface area contributed by atoms with Crippen LogP contribution in [0.25, 0.3) is 0 Å². The minimum Gasteiger partial charge on any atom is -0.444 e. The number of carbonyl (C=O) groups excluding carboxylic acids is 1. The number of hydrogen-bond donors (Lipinski definition) is 0. The Morgan fingerprint density at radius 1 is 1.39 bits per heavy atom. The van der Waals surface area contributed by atoms with Crippen molar-refractivity contribution in [3.8, 4) is 0 Å². The molecule has 1 saturated heterocycles. The van der Waals surface area contributed by atoms with Crippen LogP contribution in [-0.4, -0.2) is 34.7 Å². The number of amides is 1. The van der Waals surface area contributed by atoms with E-state index in [2.05, 4.69) is 4.98 Å². The van der Waals surface area contributed by atoms with Gasteiger partial charge in [-0.05, 0) is 51.2 Å². The quantitative estimate of drug-likeness (QED) is 0.826. The molecule has 1 aliphatic rings. The van der Waals surface area contributed by atoms with Crippen molar-refractivity contribution in [2.45, 2.75) is 45.4 Å². The normalized spacial score (nSPS) is 19.0. The third-order valence-electron chi connectivity index (χ3n) is 3.61.